The van der Waals surface area contributed by atoms with E-state index in [0.29, 0.717) is 45.5 Å². The summed E-state index contributed by atoms with van der Waals surface area (Å²) in [5.74, 6) is 1.54. The SMILES string of the molecule is COc1ccc(CCNC(=O)C23CCC(c4nc5cc(Cl)c(Cl)cc5nc42)C3(C)C)cc1OC. The molecule has 1 saturated carbocycles. The Hall–Kier alpha value is -2.57. The smallest absolute Gasteiger partial charge is 0.232 e. The van der Waals surface area contributed by atoms with Crippen LogP contribution in [0, 0.1) is 5.41 Å². The number of halogens is 2. The fourth-order valence-corrected chi connectivity index (χ4v) is 6.20. The molecule has 6 nitrogen and oxygen atoms in total. The number of nitrogens with zero attached hydrogens (tertiary/aromatic N) is 2. The third-order valence-electron chi connectivity index (χ3n) is 7.78. The summed E-state index contributed by atoms with van der Waals surface area (Å²) in [5, 5.41) is 4.08. The second kappa shape index (κ2) is 8.28. The minimum absolute atomic E-state index is 0.00735. The van der Waals surface area contributed by atoms with Gasteiger partial charge in [-0.1, -0.05) is 43.1 Å². The van der Waals surface area contributed by atoms with Gasteiger partial charge in [-0.15, -0.1) is 0 Å². The lowest BCUT2D eigenvalue weighted by atomic mass is 9.67. The lowest BCUT2D eigenvalue weighted by Crippen LogP contribution is -2.50. The summed E-state index contributed by atoms with van der Waals surface area (Å²) >= 11 is 12.5. The average Bonchev–Trinajstić information content (AvgIpc) is 3.19. The van der Waals surface area contributed by atoms with Gasteiger partial charge in [-0.25, -0.2) is 9.97 Å². The number of hydrogen-bond acceptors (Lipinski definition) is 5. The van der Waals surface area contributed by atoms with Crippen molar-refractivity contribution in [3.05, 3.63) is 57.3 Å². The molecule has 1 fully saturated rings. The predicted octanol–water partition coefficient (Wildman–Crippen LogP) is 5.47. The van der Waals surface area contributed by atoms with Gasteiger partial charge >= 0.3 is 0 Å². The Morgan fingerprint density at radius 3 is 2.41 bits per heavy atom. The zero-order valence-corrected chi connectivity index (χ0v) is 21.2. The Kier molecular flexibility index (Phi) is 5.64. The molecule has 0 aliphatic heterocycles. The topological polar surface area (TPSA) is 73.3 Å². The van der Waals surface area contributed by atoms with Crippen LogP contribution in [-0.2, 0) is 16.6 Å². The Morgan fingerprint density at radius 2 is 1.74 bits per heavy atom. The number of aromatic nitrogens is 2. The van der Waals surface area contributed by atoms with Gasteiger partial charge in [0.15, 0.2) is 11.5 Å². The van der Waals surface area contributed by atoms with Crippen molar-refractivity contribution >= 4 is 40.1 Å². The molecule has 8 heteroatoms. The summed E-state index contributed by atoms with van der Waals surface area (Å²) in [7, 11) is 3.23. The Labute approximate surface area is 209 Å². The molecular formula is C26H27Cl2N3O3. The lowest BCUT2D eigenvalue weighted by Gasteiger charge is -2.36. The van der Waals surface area contributed by atoms with Gasteiger partial charge in [0.05, 0.1) is 52.1 Å². The summed E-state index contributed by atoms with van der Waals surface area (Å²) in [6.45, 7) is 4.83. The number of rotatable bonds is 6. The van der Waals surface area contributed by atoms with Crippen LogP contribution in [0.5, 0.6) is 11.5 Å². The van der Waals surface area contributed by atoms with Crippen LogP contribution in [0.15, 0.2) is 30.3 Å². The van der Waals surface area contributed by atoms with E-state index in [0.717, 1.165) is 29.8 Å². The van der Waals surface area contributed by atoms with Crippen LogP contribution in [0.3, 0.4) is 0 Å². The van der Waals surface area contributed by atoms with E-state index in [-0.39, 0.29) is 17.2 Å². The van der Waals surface area contributed by atoms with Crippen molar-refractivity contribution in [1.29, 1.82) is 0 Å². The largest absolute Gasteiger partial charge is 0.493 e. The normalized spacial score (nSPS) is 22.0. The highest BCUT2D eigenvalue weighted by Gasteiger charge is 2.67. The summed E-state index contributed by atoms with van der Waals surface area (Å²) in [6, 6.07) is 9.29. The first-order chi connectivity index (χ1) is 16.2. The van der Waals surface area contributed by atoms with Crippen LogP contribution in [0.2, 0.25) is 10.0 Å². The third kappa shape index (κ3) is 3.26. The molecule has 2 aliphatic rings. The molecule has 34 heavy (non-hydrogen) atoms. The maximum Gasteiger partial charge on any atom is 0.232 e. The maximum atomic E-state index is 13.8. The van der Waals surface area contributed by atoms with Gasteiger partial charge in [-0.05, 0) is 54.5 Å². The molecule has 0 saturated heterocycles. The second-order valence-electron chi connectivity index (χ2n) is 9.63. The average molecular weight is 500 g/mol. The van der Waals surface area contributed by atoms with E-state index in [1.54, 1.807) is 26.4 Å². The van der Waals surface area contributed by atoms with Gasteiger partial charge in [0.1, 0.15) is 0 Å². The molecule has 5 rings (SSSR count). The monoisotopic (exact) mass is 499 g/mol. The fourth-order valence-electron chi connectivity index (χ4n) is 5.89. The summed E-state index contributed by atoms with van der Waals surface area (Å²) < 4.78 is 10.7. The Morgan fingerprint density at radius 1 is 1.06 bits per heavy atom. The van der Waals surface area contributed by atoms with Crippen LogP contribution in [0.4, 0.5) is 0 Å². The first kappa shape index (κ1) is 23.2. The van der Waals surface area contributed by atoms with Crippen LogP contribution in [-0.4, -0.2) is 36.6 Å². The standard InChI is InChI=1S/C26H27Cl2N3O3/c1-25(2)15-7-9-26(25,23-22(15)30-18-12-16(27)17(28)13-19(18)31-23)24(32)29-10-8-14-5-6-20(33-3)21(11-14)34-4/h5-6,11-13,15H,7-10H2,1-4H3,(H,29,32). The molecule has 2 aliphatic carbocycles. The second-order valence-corrected chi connectivity index (χ2v) is 10.4. The van der Waals surface area contributed by atoms with E-state index in [9.17, 15) is 4.79 Å². The van der Waals surface area contributed by atoms with Gasteiger partial charge in [0.2, 0.25) is 5.91 Å². The van der Waals surface area contributed by atoms with Crippen molar-refractivity contribution in [2.24, 2.45) is 5.41 Å². The highest BCUT2D eigenvalue weighted by atomic mass is 35.5. The van der Waals surface area contributed by atoms with Crippen LogP contribution in [0.25, 0.3) is 11.0 Å². The first-order valence-electron chi connectivity index (χ1n) is 11.4. The molecule has 1 aromatic heterocycles. The molecule has 2 unspecified atom stereocenters. The molecular weight excluding hydrogens is 473 g/mol. The number of ether oxygens (including phenoxy) is 2. The maximum absolute atomic E-state index is 13.8. The van der Waals surface area contributed by atoms with E-state index in [2.05, 4.69) is 19.2 Å². The number of benzene rings is 2. The van der Waals surface area contributed by atoms with Crippen molar-refractivity contribution in [1.82, 2.24) is 15.3 Å². The van der Waals surface area contributed by atoms with Crippen LogP contribution < -0.4 is 14.8 Å². The van der Waals surface area contributed by atoms with Crippen LogP contribution >= 0.6 is 23.2 Å². The molecule has 3 aromatic rings. The summed E-state index contributed by atoms with van der Waals surface area (Å²) in [4.78, 5) is 23.7. The van der Waals surface area contributed by atoms with Crippen molar-refractivity contribution in [2.45, 2.75) is 44.4 Å². The molecule has 2 bridgehead atoms. The molecule has 1 N–H and O–H groups in total. The Bertz CT molecular complexity index is 1310. The molecule has 2 atom stereocenters. The van der Waals surface area contributed by atoms with E-state index < -0.39 is 5.41 Å². The molecule has 1 heterocycles. The zero-order valence-electron chi connectivity index (χ0n) is 19.7. The zero-order chi connectivity index (χ0) is 24.3. The van der Waals surface area contributed by atoms with Crippen molar-refractivity contribution in [3.8, 4) is 11.5 Å². The quantitative estimate of drug-likeness (QED) is 0.486. The number of methoxy groups -OCH3 is 2. The van der Waals surface area contributed by atoms with E-state index >= 15 is 0 Å². The van der Waals surface area contributed by atoms with E-state index in [4.69, 9.17) is 42.6 Å². The number of carbonyl (C=O) groups excluding carboxylic acids is 1. The van der Waals surface area contributed by atoms with Gasteiger partial charge in [-0.2, -0.15) is 0 Å². The highest BCUT2D eigenvalue weighted by molar-refractivity contribution is 6.42. The number of carbonyl (C=O) groups is 1. The van der Waals surface area contributed by atoms with Gasteiger partial charge in [0.25, 0.3) is 0 Å². The number of nitrogens with one attached hydrogen (secondary N) is 1. The highest BCUT2D eigenvalue weighted by Crippen LogP contribution is 2.67. The minimum atomic E-state index is -0.724. The molecule has 178 valence electrons. The number of fused-ring (bicyclic) bond motifs is 6. The van der Waals surface area contributed by atoms with E-state index in [1.807, 2.05) is 18.2 Å². The number of amides is 1. The summed E-state index contributed by atoms with van der Waals surface area (Å²) in [5.41, 5.74) is 3.10. The molecule has 2 aromatic carbocycles. The predicted molar refractivity (Wildman–Crippen MR) is 133 cm³/mol. The lowest BCUT2D eigenvalue weighted by molar-refractivity contribution is -0.129. The fraction of sp³-hybridized carbons (Fsp3) is 0.423. The Balaban J connectivity index is 1.43. The first-order valence-corrected chi connectivity index (χ1v) is 12.1. The van der Waals surface area contributed by atoms with Gasteiger partial charge < -0.3 is 14.8 Å². The van der Waals surface area contributed by atoms with Gasteiger partial charge in [0, 0.05) is 12.5 Å². The molecule has 0 spiro atoms. The van der Waals surface area contributed by atoms with Crippen molar-refractivity contribution in [3.63, 3.8) is 0 Å². The van der Waals surface area contributed by atoms with E-state index in [1.165, 1.54) is 0 Å². The number of hydrogen-bond donors (Lipinski definition) is 1. The minimum Gasteiger partial charge on any atom is -0.493 e. The van der Waals surface area contributed by atoms with Gasteiger partial charge in [-0.3, -0.25) is 4.79 Å². The molecule has 1 amide bonds. The van der Waals surface area contributed by atoms with Crippen molar-refractivity contribution in [2.75, 3.05) is 20.8 Å². The van der Waals surface area contributed by atoms with Crippen LogP contribution in [0.1, 0.15) is 49.6 Å². The molecule has 0 radical (unpaired) electrons. The third-order valence-corrected chi connectivity index (χ3v) is 8.50. The van der Waals surface area contributed by atoms with Crippen molar-refractivity contribution < 1.29 is 14.3 Å². The summed E-state index contributed by atoms with van der Waals surface area (Å²) in [6.07, 6.45) is 2.34.